The van der Waals surface area contributed by atoms with Gasteiger partial charge in [-0.05, 0) is 31.6 Å². The minimum atomic E-state index is -0.503. The van der Waals surface area contributed by atoms with Crippen LogP contribution in [0.25, 0.3) is 0 Å². The van der Waals surface area contributed by atoms with Crippen LogP contribution in [-0.4, -0.2) is 27.3 Å². The minimum absolute atomic E-state index is 0.0321. The summed E-state index contributed by atoms with van der Waals surface area (Å²) < 4.78 is 6.08. The molecule has 2 aliphatic rings. The standard InChI is InChI=1S/C15H22N2O2/c18-14(13-11-16-7-8-17-13)12-4-9-19-15(10-12)5-2-1-3-6-15/h7-8,11-12,14,18H,1-6,9-10H2. The largest absolute Gasteiger partial charge is 0.386 e. The Balaban J connectivity index is 1.71. The van der Waals surface area contributed by atoms with Crippen LogP contribution in [-0.2, 0) is 4.74 Å². The van der Waals surface area contributed by atoms with Gasteiger partial charge in [0, 0.05) is 19.0 Å². The molecule has 0 radical (unpaired) electrons. The highest BCUT2D eigenvalue weighted by atomic mass is 16.5. The highest BCUT2D eigenvalue weighted by Gasteiger charge is 2.41. The van der Waals surface area contributed by atoms with Gasteiger partial charge in [0.2, 0.25) is 0 Å². The molecule has 0 bridgehead atoms. The predicted octanol–water partition coefficient (Wildman–Crippen LogP) is 2.64. The van der Waals surface area contributed by atoms with Crippen molar-refractivity contribution in [2.45, 2.75) is 56.7 Å². The Morgan fingerprint density at radius 1 is 1.26 bits per heavy atom. The van der Waals surface area contributed by atoms with Crippen molar-refractivity contribution in [3.05, 3.63) is 24.3 Å². The van der Waals surface area contributed by atoms with Crippen molar-refractivity contribution in [2.75, 3.05) is 6.61 Å². The summed E-state index contributed by atoms with van der Waals surface area (Å²) >= 11 is 0. The van der Waals surface area contributed by atoms with E-state index in [0.717, 1.165) is 32.3 Å². The summed E-state index contributed by atoms with van der Waals surface area (Å²) in [5.41, 5.74) is 0.727. The summed E-state index contributed by atoms with van der Waals surface area (Å²) in [5, 5.41) is 10.5. The van der Waals surface area contributed by atoms with Crippen LogP contribution in [0.2, 0.25) is 0 Å². The highest BCUT2D eigenvalue weighted by Crippen LogP contribution is 2.43. The lowest BCUT2D eigenvalue weighted by atomic mass is 9.74. The van der Waals surface area contributed by atoms with E-state index in [4.69, 9.17) is 4.74 Å². The number of rotatable bonds is 2. The summed E-state index contributed by atoms with van der Waals surface area (Å²) in [6, 6.07) is 0. The molecular weight excluding hydrogens is 240 g/mol. The Labute approximate surface area is 114 Å². The summed E-state index contributed by atoms with van der Waals surface area (Å²) in [5.74, 6) is 0.253. The molecule has 1 aliphatic heterocycles. The average Bonchev–Trinajstić information content (AvgIpc) is 2.48. The monoisotopic (exact) mass is 262 g/mol. The first-order valence-electron chi connectivity index (χ1n) is 7.37. The summed E-state index contributed by atoms with van der Waals surface area (Å²) in [4.78, 5) is 8.28. The molecule has 1 aliphatic carbocycles. The molecule has 1 spiro atoms. The molecule has 0 aromatic carbocycles. The first kappa shape index (κ1) is 13.0. The van der Waals surface area contributed by atoms with Gasteiger partial charge in [-0.2, -0.15) is 0 Å². The Kier molecular flexibility index (Phi) is 3.80. The summed E-state index contributed by atoms with van der Waals surface area (Å²) in [7, 11) is 0. The van der Waals surface area contributed by atoms with Gasteiger partial charge in [0.1, 0.15) is 6.10 Å². The molecule has 4 nitrogen and oxygen atoms in total. The van der Waals surface area contributed by atoms with E-state index in [0.29, 0.717) is 5.69 Å². The van der Waals surface area contributed by atoms with Gasteiger partial charge in [-0.15, -0.1) is 0 Å². The van der Waals surface area contributed by atoms with Crippen LogP contribution >= 0.6 is 0 Å². The number of ether oxygens (including phenoxy) is 1. The van der Waals surface area contributed by atoms with Crippen molar-refractivity contribution >= 4 is 0 Å². The van der Waals surface area contributed by atoms with E-state index in [9.17, 15) is 5.11 Å². The number of hydrogen-bond acceptors (Lipinski definition) is 4. The molecule has 104 valence electrons. The van der Waals surface area contributed by atoms with Gasteiger partial charge in [-0.25, -0.2) is 0 Å². The normalized spacial score (nSPS) is 28.2. The second-order valence-electron chi connectivity index (χ2n) is 5.92. The number of aromatic nitrogens is 2. The van der Waals surface area contributed by atoms with E-state index in [-0.39, 0.29) is 11.5 Å². The molecular formula is C15H22N2O2. The quantitative estimate of drug-likeness (QED) is 0.890. The van der Waals surface area contributed by atoms with Gasteiger partial charge in [0.25, 0.3) is 0 Å². The first-order chi connectivity index (χ1) is 9.29. The number of nitrogens with zero attached hydrogens (tertiary/aromatic N) is 2. The summed E-state index contributed by atoms with van der Waals surface area (Å²) in [6.07, 6.45) is 12.5. The van der Waals surface area contributed by atoms with Gasteiger partial charge >= 0.3 is 0 Å². The van der Waals surface area contributed by atoms with Crippen LogP contribution in [0.4, 0.5) is 0 Å². The molecule has 2 heterocycles. The smallest absolute Gasteiger partial charge is 0.100 e. The van der Waals surface area contributed by atoms with Crippen LogP contribution in [0.5, 0.6) is 0 Å². The fraction of sp³-hybridized carbons (Fsp3) is 0.733. The lowest BCUT2D eigenvalue weighted by Gasteiger charge is -2.44. The molecule has 4 heteroatoms. The molecule has 2 fully saturated rings. The van der Waals surface area contributed by atoms with Crippen molar-refractivity contribution in [1.82, 2.24) is 9.97 Å². The topological polar surface area (TPSA) is 55.2 Å². The van der Waals surface area contributed by atoms with Crippen molar-refractivity contribution in [2.24, 2.45) is 5.92 Å². The third-order valence-corrected chi connectivity index (χ3v) is 4.63. The highest BCUT2D eigenvalue weighted by molar-refractivity contribution is 5.03. The maximum absolute atomic E-state index is 10.5. The third kappa shape index (κ3) is 2.79. The lowest BCUT2D eigenvalue weighted by Crippen LogP contribution is -2.42. The maximum atomic E-state index is 10.5. The van der Waals surface area contributed by atoms with Crippen molar-refractivity contribution < 1.29 is 9.84 Å². The van der Waals surface area contributed by atoms with Crippen LogP contribution in [0, 0.1) is 5.92 Å². The van der Waals surface area contributed by atoms with E-state index in [1.165, 1.54) is 19.3 Å². The SMILES string of the molecule is OC(c1cnccn1)C1CCOC2(CCCCC2)C1. The number of aliphatic hydroxyl groups excluding tert-OH is 1. The third-order valence-electron chi connectivity index (χ3n) is 4.63. The van der Waals surface area contributed by atoms with Gasteiger partial charge in [0.15, 0.2) is 0 Å². The molecule has 0 amide bonds. The van der Waals surface area contributed by atoms with Crippen molar-refractivity contribution in [3.8, 4) is 0 Å². The molecule has 1 saturated heterocycles. The fourth-order valence-electron chi connectivity index (χ4n) is 3.58. The van der Waals surface area contributed by atoms with Crippen LogP contribution in [0.3, 0.4) is 0 Å². The molecule has 1 saturated carbocycles. The number of hydrogen-bond donors (Lipinski definition) is 1. The first-order valence-corrected chi connectivity index (χ1v) is 7.37. The van der Waals surface area contributed by atoms with Crippen LogP contribution in [0.15, 0.2) is 18.6 Å². The molecule has 1 N–H and O–H groups in total. The van der Waals surface area contributed by atoms with Gasteiger partial charge in [0.05, 0.1) is 17.5 Å². The predicted molar refractivity (Wildman–Crippen MR) is 71.5 cm³/mol. The second-order valence-corrected chi connectivity index (χ2v) is 5.92. The zero-order valence-electron chi connectivity index (χ0n) is 11.3. The number of aliphatic hydroxyl groups is 1. The van der Waals surface area contributed by atoms with Crippen LogP contribution in [0.1, 0.15) is 56.7 Å². The van der Waals surface area contributed by atoms with E-state index in [2.05, 4.69) is 9.97 Å². The fourth-order valence-corrected chi connectivity index (χ4v) is 3.58. The van der Waals surface area contributed by atoms with Gasteiger partial charge in [-0.1, -0.05) is 19.3 Å². The van der Waals surface area contributed by atoms with E-state index in [1.54, 1.807) is 18.6 Å². The second kappa shape index (κ2) is 5.55. The van der Waals surface area contributed by atoms with E-state index in [1.807, 2.05) is 0 Å². The maximum Gasteiger partial charge on any atom is 0.100 e. The summed E-state index contributed by atoms with van der Waals surface area (Å²) in [6.45, 7) is 0.766. The molecule has 3 rings (SSSR count). The van der Waals surface area contributed by atoms with Crippen molar-refractivity contribution in [1.29, 1.82) is 0 Å². The molecule has 1 aromatic heterocycles. The zero-order chi connectivity index (χ0) is 13.1. The Morgan fingerprint density at radius 2 is 2.11 bits per heavy atom. The van der Waals surface area contributed by atoms with E-state index >= 15 is 0 Å². The van der Waals surface area contributed by atoms with Gasteiger partial charge < -0.3 is 9.84 Å². The average molecular weight is 262 g/mol. The molecule has 2 atom stereocenters. The Morgan fingerprint density at radius 3 is 2.84 bits per heavy atom. The van der Waals surface area contributed by atoms with E-state index < -0.39 is 6.10 Å². The molecule has 1 aromatic rings. The Bertz CT molecular complexity index is 398. The minimum Gasteiger partial charge on any atom is -0.386 e. The Hall–Kier alpha value is -1.00. The molecule has 19 heavy (non-hydrogen) atoms. The zero-order valence-corrected chi connectivity index (χ0v) is 11.3. The van der Waals surface area contributed by atoms with Gasteiger partial charge in [-0.3, -0.25) is 9.97 Å². The van der Waals surface area contributed by atoms with Crippen molar-refractivity contribution in [3.63, 3.8) is 0 Å². The van der Waals surface area contributed by atoms with Crippen LogP contribution < -0.4 is 0 Å². The lowest BCUT2D eigenvalue weighted by molar-refractivity contribution is -0.134. The molecule has 2 unspecified atom stereocenters.